The van der Waals surface area contributed by atoms with Crippen molar-refractivity contribution in [3.63, 3.8) is 0 Å². The molecule has 2 aromatic carbocycles. The third kappa shape index (κ3) is 9.49. The lowest BCUT2D eigenvalue weighted by atomic mass is 10.0. The van der Waals surface area contributed by atoms with Crippen molar-refractivity contribution in [2.45, 2.75) is 130 Å². The Morgan fingerprint density at radius 2 is 1.00 bits per heavy atom. The molecule has 2 aromatic rings. The summed E-state index contributed by atoms with van der Waals surface area (Å²) in [4.78, 5) is 29.3. The number of carbonyl (C=O) groups excluding carboxylic acids is 2. The molecule has 2 fully saturated rings. The average molecular weight is 633 g/mol. The van der Waals surface area contributed by atoms with Gasteiger partial charge in [0.1, 0.15) is 22.7 Å². The zero-order chi connectivity index (χ0) is 33.9. The van der Waals surface area contributed by atoms with Crippen LogP contribution in [0.15, 0.2) is 48.5 Å². The number of benzene rings is 2. The molecule has 8 nitrogen and oxygen atoms in total. The molecule has 0 aromatic heterocycles. The highest BCUT2D eigenvalue weighted by atomic mass is 16.6. The van der Waals surface area contributed by atoms with E-state index in [0.29, 0.717) is 13.2 Å². The number of aryl methyl sites for hydroxylation is 2. The van der Waals surface area contributed by atoms with Gasteiger partial charge in [-0.1, -0.05) is 36.1 Å². The number of nitrogens with zero attached hydrogens (tertiary/aromatic N) is 2. The van der Waals surface area contributed by atoms with Crippen LogP contribution in [0.5, 0.6) is 0 Å². The zero-order valence-electron chi connectivity index (χ0n) is 29.4. The first-order valence-corrected chi connectivity index (χ1v) is 16.4. The van der Waals surface area contributed by atoms with Crippen LogP contribution in [0.25, 0.3) is 0 Å². The highest BCUT2D eigenvalue weighted by Gasteiger charge is 2.46. The quantitative estimate of drug-likeness (QED) is 0.304. The first-order chi connectivity index (χ1) is 21.3. The van der Waals surface area contributed by atoms with E-state index < -0.39 is 22.7 Å². The van der Waals surface area contributed by atoms with Gasteiger partial charge in [-0.15, -0.1) is 0 Å². The highest BCUT2D eigenvalue weighted by molar-refractivity contribution is 5.70. The van der Waals surface area contributed by atoms with Crippen molar-refractivity contribution in [3.05, 3.63) is 70.8 Å². The van der Waals surface area contributed by atoms with Gasteiger partial charge in [0.25, 0.3) is 0 Å². The van der Waals surface area contributed by atoms with Gasteiger partial charge in [-0.25, -0.2) is 9.59 Å². The fourth-order valence-corrected chi connectivity index (χ4v) is 5.87. The molecule has 0 spiro atoms. The van der Waals surface area contributed by atoms with Crippen molar-refractivity contribution in [1.82, 2.24) is 9.80 Å². The molecule has 4 rings (SSSR count). The van der Waals surface area contributed by atoms with Gasteiger partial charge in [0.2, 0.25) is 0 Å². The van der Waals surface area contributed by atoms with E-state index in [0.717, 1.165) is 36.8 Å². The number of hydrogen-bond donors (Lipinski definition) is 0. The summed E-state index contributed by atoms with van der Waals surface area (Å²) >= 11 is 0. The number of hydrogen-bond acceptors (Lipinski definition) is 6. The lowest BCUT2D eigenvalue weighted by Gasteiger charge is -2.35. The topological polar surface area (TPSA) is 77.5 Å². The van der Waals surface area contributed by atoms with E-state index in [1.165, 1.54) is 11.1 Å². The molecule has 250 valence electrons. The SMILES string of the molecule is CC(C)(C)OC(=O)N1[C@H](CCc2ccc(C#Cc3ccc(CC[C@@H]4COC(C)(C)N4C(=O)OC(C)(C)C)cc3)cc2)COC1(C)C. The van der Waals surface area contributed by atoms with Gasteiger partial charge in [0, 0.05) is 11.1 Å². The summed E-state index contributed by atoms with van der Waals surface area (Å²) in [6, 6.07) is 16.5. The highest BCUT2D eigenvalue weighted by Crippen LogP contribution is 2.33. The first kappa shape index (κ1) is 35.3. The molecule has 2 aliphatic heterocycles. The fraction of sp³-hybridized carbons (Fsp3) is 0.579. The summed E-state index contributed by atoms with van der Waals surface area (Å²) in [5.41, 5.74) is 1.74. The average Bonchev–Trinajstić information content (AvgIpc) is 3.42. The summed E-state index contributed by atoms with van der Waals surface area (Å²) in [5.74, 6) is 6.54. The van der Waals surface area contributed by atoms with Crippen LogP contribution in [0.1, 0.15) is 104 Å². The van der Waals surface area contributed by atoms with Crippen LogP contribution < -0.4 is 0 Å². The largest absolute Gasteiger partial charge is 0.444 e. The van der Waals surface area contributed by atoms with E-state index >= 15 is 0 Å². The summed E-state index contributed by atoms with van der Waals surface area (Å²) in [7, 11) is 0. The molecule has 0 saturated carbocycles. The van der Waals surface area contributed by atoms with E-state index in [2.05, 4.69) is 36.1 Å². The Kier molecular flexibility index (Phi) is 10.5. The molecule has 2 atom stereocenters. The second kappa shape index (κ2) is 13.7. The summed E-state index contributed by atoms with van der Waals surface area (Å²) in [6.07, 6.45) is 2.53. The lowest BCUT2D eigenvalue weighted by Crippen LogP contribution is -2.49. The van der Waals surface area contributed by atoms with Crippen LogP contribution >= 0.6 is 0 Å². The van der Waals surface area contributed by atoms with Crippen molar-refractivity contribution in [1.29, 1.82) is 0 Å². The summed E-state index contributed by atoms with van der Waals surface area (Å²) < 4.78 is 23.2. The molecule has 46 heavy (non-hydrogen) atoms. The Morgan fingerprint density at radius 1 is 0.674 bits per heavy atom. The van der Waals surface area contributed by atoms with E-state index in [-0.39, 0.29) is 24.3 Å². The third-order valence-electron chi connectivity index (χ3n) is 8.12. The predicted molar refractivity (Wildman–Crippen MR) is 179 cm³/mol. The van der Waals surface area contributed by atoms with Crippen LogP contribution in [0.3, 0.4) is 0 Å². The lowest BCUT2D eigenvalue weighted by molar-refractivity contribution is -0.0637. The van der Waals surface area contributed by atoms with Crippen LogP contribution in [-0.2, 0) is 31.8 Å². The van der Waals surface area contributed by atoms with Crippen LogP contribution in [0, 0.1) is 11.8 Å². The zero-order valence-corrected chi connectivity index (χ0v) is 29.4. The van der Waals surface area contributed by atoms with Crippen molar-refractivity contribution in [2.24, 2.45) is 0 Å². The Morgan fingerprint density at radius 3 is 1.30 bits per heavy atom. The van der Waals surface area contributed by atoms with E-state index in [9.17, 15) is 9.59 Å². The van der Waals surface area contributed by atoms with Crippen molar-refractivity contribution in [3.8, 4) is 11.8 Å². The van der Waals surface area contributed by atoms with Gasteiger partial charge in [-0.05, 0) is 130 Å². The Balaban J connectivity index is 1.29. The molecule has 0 radical (unpaired) electrons. The molecular formula is C38H52N2O6. The molecule has 2 aliphatic rings. The monoisotopic (exact) mass is 632 g/mol. The normalized spacial score (nSPS) is 20.7. The Labute approximate surface area is 275 Å². The second-order valence-electron chi connectivity index (χ2n) is 15.2. The minimum Gasteiger partial charge on any atom is -0.444 e. The van der Waals surface area contributed by atoms with Gasteiger partial charge in [0.05, 0.1) is 25.3 Å². The molecule has 2 saturated heterocycles. The molecular weight excluding hydrogens is 580 g/mol. The van der Waals surface area contributed by atoms with E-state index in [1.54, 1.807) is 9.80 Å². The number of carbonyl (C=O) groups is 2. The number of ether oxygens (including phenoxy) is 4. The van der Waals surface area contributed by atoms with Gasteiger partial charge in [-0.3, -0.25) is 9.80 Å². The predicted octanol–water partition coefficient (Wildman–Crippen LogP) is 7.70. The summed E-state index contributed by atoms with van der Waals surface area (Å²) in [5, 5.41) is 0. The molecule has 2 amide bonds. The minimum atomic E-state index is -0.699. The van der Waals surface area contributed by atoms with Crippen LogP contribution in [0.2, 0.25) is 0 Å². The van der Waals surface area contributed by atoms with Gasteiger partial charge in [-0.2, -0.15) is 0 Å². The Hall–Kier alpha value is -3.54. The molecule has 0 N–H and O–H groups in total. The standard InChI is InChI=1S/C38H52N2O6/c1-35(2,3)45-33(41)39-31(25-43-37(39,7)8)23-21-29-17-13-27(14-18-29)11-12-28-15-19-30(20-16-28)22-24-32-26-44-38(9,10)40(32)34(42)46-36(4,5)6/h13-20,31-32H,21-26H2,1-10H3/t31-,32-/m1/s1. The molecule has 0 unspecified atom stereocenters. The van der Waals surface area contributed by atoms with Crippen LogP contribution in [0.4, 0.5) is 9.59 Å². The molecule has 2 heterocycles. The van der Waals surface area contributed by atoms with E-state index in [1.807, 2.05) is 93.5 Å². The third-order valence-corrected chi connectivity index (χ3v) is 8.12. The maximum Gasteiger partial charge on any atom is 0.412 e. The first-order valence-electron chi connectivity index (χ1n) is 16.4. The number of amides is 2. The Bertz CT molecular complexity index is 1310. The molecule has 8 heteroatoms. The van der Waals surface area contributed by atoms with Crippen molar-refractivity contribution < 1.29 is 28.5 Å². The van der Waals surface area contributed by atoms with Gasteiger partial charge >= 0.3 is 12.2 Å². The number of rotatable bonds is 6. The minimum absolute atomic E-state index is 0.0467. The molecule has 0 aliphatic carbocycles. The van der Waals surface area contributed by atoms with Crippen molar-refractivity contribution in [2.75, 3.05) is 13.2 Å². The fourth-order valence-electron chi connectivity index (χ4n) is 5.87. The smallest absolute Gasteiger partial charge is 0.412 e. The maximum atomic E-state index is 12.9. The van der Waals surface area contributed by atoms with Crippen molar-refractivity contribution >= 4 is 12.2 Å². The second-order valence-corrected chi connectivity index (χ2v) is 15.2. The summed E-state index contributed by atoms with van der Waals surface area (Å²) in [6.45, 7) is 19.9. The van der Waals surface area contributed by atoms with Gasteiger partial charge in [0.15, 0.2) is 0 Å². The van der Waals surface area contributed by atoms with E-state index in [4.69, 9.17) is 18.9 Å². The van der Waals surface area contributed by atoms with Gasteiger partial charge < -0.3 is 18.9 Å². The molecule has 0 bridgehead atoms. The maximum absolute atomic E-state index is 12.9. The van der Waals surface area contributed by atoms with Crippen LogP contribution in [-0.4, -0.2) is 69.9 Å².